The maximum Gasteiger partial charge on any atom is 0.418 e. The molecule has 0 bridgehead atoms. The van der Waals surface area contributed by atoms with Crippen LogP contribution in [0, 0.1) is 0 Å². The molecule has 2 aromatic carbocycles. The fraction of sp³-hybridized carbons (Fsp3) is 0.278. The molecule has 0 unspecified atom stereocenters. The van der Waals surface area contributed by atoms with Crippen molar-refractivity contribution in [1.82, 2.24) is 4.90 Å². The number of likely N-dealkylation sites (N-methyl/N-ethyl adjacent to an activating group) is 1. The van der Waals surface area contributed by atoms with Crippen LogP contribution in [0.15, 0.2) is 48.5 Å². The Bertz CT molecular complexity index is 749. The Morgan fingerprint density at radius 3 is 2.52 bits per heavy atom. The zero-order chi connectivity index (χ0) is 18.6. The van der Waals surface area contributed by atoms with Gasteiger partial charge >= 0.3 is 6.18 Å². The molecule has 134 valence electrons. The summed E-state index contributed by atoms with van der Waals surface area (Å²) in [7, 11) is 1.72. The first-order chi connectivity index (χ1) is 11.7. The molecule has 0 fully saturated rings. The van der Waals surface area contributed by atoms with Gasteiger partial charge in [0.15, 0.2) is 0 Å². The number of benzene rings is 2. The molecule has 1 atom stereocenters. The largest absolute Gasteiger partial charge is 0.418 e. The van der Waals surface area contributed by atoms with E-state index < -0.39 is 23.7 Å². The molecule has 0 radical (unpaired) electrons. The summed E-state index contributed by atoms with van der Waals surface area (Å²) >= 11 is 5.93. The number of nitrogens with one attached hydrogen (secondary N) is 1. The van der Waals surface area contributed by atoms with Crippen LogP contribution in [0.5, 0.6) is 0 Å². The highest BCUT2D eigenvalue weighted by molar-refractivity contribution is 6.30. The topological polar surface area (TPSA) is 32.3 Å². The van der Waals surface area contributed by atoms with Gasteiger partial charge in [-0.3, -0.25) is 9.69 Å². The minimum Gasteiger partial charge on any atom is -0.324 e. The number of carbonyl (C=O) groups is 1. The number of anilines is 1. The van der Waals surface area contributed by atoms with Crippen molar-refractivity contribution in [1.29, 1.82) is 0 Å². The Morgan fingerprint density at radius 2 is 1.88 bits per heavy atom. The summed E-state index contributed by atoms with van der Waals surface area (Å²) in [6.07, 6.45) is -4.53. The summed E-state index contributed by atoms with van der Waals surface area (Å²) in [6.45, 7) is 2.08. The molecule has 7 heteroatoms. The van der Waals surface area contributed by atoms with Crippen molar-refractivity contribution in [3.05, 3.63) is 64.7 Å². The second kappa shape index (κ2) is 7.89. The van der Waals surface area contributed by atoms with Crippen molar-refractivity contribution in [2.24, 2.45) is 0 Å². The second-order valence-electron chi connectivity index (χ2n) is 5.75. The first-order valence-corrected chi connectivity index (χ1v) is 7.98. The first kappa shape index (κ1) is 19.3. The van der Waals surface area contributed by atoms with E-state index in [2.05, 4.69) is 5.32 Å². The van der Waals surface area contributed by atoms with Crippen LogP contribution in [0.3, 0.4) is 0 Å². The van der Waals surface area contributed by atoms with E-state index in [1.165, 1.54) is 18.2 Å². The Balaban J connectivity index is 2.08. The fourth-order valence-electron chi connectivity index (χ4n) is 2.34. The van der Waals surface area contributed by atoms with Gasteiger partial charge in [-0.15, -0.1) is 0 Å². The van der Waals surface area contributed by atoms with Crippen molar-refractivity contribution in [2.75, 3.05) is 12.4 Å². The third-order valence-corrected chi connectivity index (χ3v) is 4.09. The molecule has 0 aliphatic carbocycles. The Morgan fingerprint density at radius 1 is 1.20 bits per heavy atom. The lowest BCUT2D eigenvalue weighted by Crippen LogP contribution is -2.39. The third kappa shape index (κ3) is 5.21. The quantitative estimate of drug-likeness (QED) is 0.818. The maximum atomic E-state index is 13.0. The standard InChI is InChI=1S/C18H18ClF3N2O/c1-12(24(2)11-13-6-5-7-14(19)10-13)17(25)23-16-9-4-3-8-15(16)18(20,21)22/h3-10,12H,11H2,1-2H3,(H,23,25)/t12-/m0/s1. The smallest absolute Gasteiger partial charge is 0.324 e. The molecule has 0 saturated carbocycles. The molecule has 2 rings (SSSR count). The zero-order valence-corrected chi connectivity index (χ0v) is 14.5. The van der Waals surface area contributed by atoms with E-state index in [0.717, 1.165) is 11.6 Å². The van der Waals surface area contributed by atoms with Gasteiger partial charge in [0.05, 0.1) is 17.3 Å². The molecule has 3 nitrogen and oxygen atoms in total. The maximum absolute atomic E-state index is 13.0. The van der Waals surface area contributed by atoms with E-state index in [9.17, 15) is 18.0 Å². The molecule has 2 aromatic rings. The first-order valence-electron chi connectivity index (χ1n) is 7.60. The number of nitrogens with zero attached hydrogens (tertiary/aromatic N) is 1. The summed E-state index contributed by atoms with van der Waals surface area (Å²) < 4.78 is 39.0. The van der Waals surface area contributed by atoms with E-state index in [1.807, 2.05) is 6.07 Å². The van der Waals surface area contributed by atoms with E-state index in [0.29, 0.717) is 11.6 Å². The lowest BCUT2D eigenvalue weighted by atomic mass is 10.1. The zero-order valence-electron chi connectivity index (χ0n) is 13.8. The molecule has 25 heavy (non-hydrogen) atoms. The molecule has 0 aromatic heterocycles. The molecule has 0 aliphatic rings. The highest BCUT2D eigenvalue weighted by Gasteiger charge is 2.34. The van der Waals surface area contributed by atoms with E-state index in [4.69, 9.17) is 11.6 Å². The SMILES string of the molecule is C[C@@H](C(=O)Nc1ccccc1C(F)(F)F)N(C)Cc1cccc(Cl)c1. The highest BCUT2D eigenvalue weighted by atomic mass is 35.5. The molecule has 0 aliphatic heterocycles. The summed E-state index contributed by atoms with van der Waals surface area (Å²) in [5.41, 5.74) is -0.207. The second-order valence-corrected chi connectivity index (χ2v) is 6.19. The number of carbonyl (C=O) groups excluding carboxylic acids is 1. The Hall–Kier alpha value is -2.05. The fourth-order valence-corrected chi connectivity index (χ4v) is 2.55. The minimum atomic E-state index is -4.53. The van der Waals surface area contributed by atoms with Crippen molar-refractivity contribution in [3.8, 4) is 0 Å². The molecular formula is C18H18ClF3N2O. The van der Waals surface area contributed by atoms with Crippen LogP contribution >= 0.6 is 11.6 Å². The average Bonchev–Trinajstić information content (AvgIpc) is 2.53. The number of hydrogen-bond donors (Lipinski definition) is 1. The molecule has 0 spiro atoms. The number of hydrogen-bond acceptors (Lipinski definition) is 2. The van der Waals surface area contributed by atoms with Crippen molar-refractivity contribution < 1.29 is 18.0 Å². The van der Waals surface area contributed by atoms with Crippen LogP contribution in [0.25, 0.3) is 0 Å². The van der Waals surface area contributed by atoms with E-state index in [1.54, 1.807) is 37.1 Å². The molecule has 0 heterocycles. The van der Waals surface area contributed by atoms with E-state index >= 15 is 0 Å². The number of rotatable bonds is 5. The van der Waals surface area contributed by atoms with Crippen LogP contribution in [0.2, 0.25) is 5.02 Å². The van der Waals surface area contributed by atoms with Gasteiger partial charge in [-0.25, -0.2) is 0 Å². The van der Waals surface area contributed by atoms with Crippen LogP contribution in [-0.4, -0.2) is 23.9 Å². The van der Waals surface area contributed by atoms with Crippen LogP contribution in [-0.2, 0) is 17.5 Å². The molecule has 1 N–H and O–H groups in total. The Kier molecular flexibility index (Phi) is 6.08. The van der Waals surface area contributed by atoms with Gasteiger partial charge in [0.1, 0.15) is 0 Å². The lowest BCUT2D eigenvalue weighted by molar-refractivity contribution is -0.137. The van der Waals surface area contributed by atoms with Crippen LogP contribution in [0.1, 0.15) is 18.1 Å². The summed E-state index contributed by atoms with van der Waals surface area (Å²) in [4.78, 5) is 14.1. The van der Waals surface area contributed by atoms with E-state index in [-0.39, 0.29) is 5.69 Å². The summed E-state index contributed by atoms with van der Waals surface area (Å²) in [5, 5.41) is 2.95. The lowest BCUT2D eigenvalue weighted by Gasteiger charge is -2.24. The van der Waals surface area contributed by atoms with Gasteiger partial charge in [0.25, 0.3) is 0 Å². The number of para-hydroxylation sites is 1. The van der Waals surface area contributed by atoms with Gasteiger partial charge < -0.3 is 5.32 Å². The number of amides is 1. The van der Waals surface area contributed by atoms with Gasteiger partial charge in [-0.2, -0.15) is 13.2 Å². The summed E-state index contributed by atoms with van der Waals surface area (Å²) in [5.74, 6) is -0.513. The summed E-state index contributed by atoms with van der Waals surface area (Å²) in [6, 6.07) is 11.5. The predicted octanol–water partition coefficient (Wildman–Crippen LogP) is 4.82. The molecule has 1 amide bonds. The molecular weight excluding hydrogens is 353 g/mol. The van der Waals surface area contributed by atoms with Gasteiger partial charge in [-0.05, 0) is 43.8 Å². The van der Waals surface area contributed by atoms with Crippen LogP contribution in [0.4, 0.5) is 18.9 Å². The molecule has 0 saturated heterocycles. The minimum absolute atomic E-state index is 0.247. The van der Waals surface area contributed by atoms with Gasteiger partial charge in [0.2, 0.25) is 5.91 Å². The van der Waals surface area contributed by atoms with Crippen molar-refractivity contribution >= 4 is 23.2 Å². The number of alkyl halides is 3. The van der Waals surface area contributed by atoms with Crippen molar-refractivity contribution in [3.63, 3.8) is 0 Å². The van der Waals surface area contributed by atoms with Gasteiger partial charge in [-0.1, -0.05) is 35.9 Å². The highest BCUT2D eigenvalue weighted by Crippen LogP contribution is 2.34. The van der Waals surface area contributed by atoms with Crippen molar-refractivity contribution in [2.45, 2.75) is 25.7 Å². The average molecular weight is 371 g/mol. The van der Waals surface area contributed by atoms with Crippen LogP contribution < -0.4 is 5.32 Å². The normalized spacial score (nSPS) is 12.9. The Labute approximate surface area is 149 Å². The van der Waals surface area contributed by atoms with Gasteiger partial charge in [0, 0.05) is 11.6 Å². The number of halogens is 4. The third-order valence-electron chi connectivity index (χ3n) is 3.85. The monoisotopic (exact) mass is 370 g/mol. The predicted molar refractivity (Wildman–Crippen MR) is 92.5 cm³/mol.